The van der Waals surface area contributed by atoms with Crippen LogP contribution in [0.2, 0.25) is 30.8 Å². The number of aromatic nitrogens is 6. The fraction of sp³-hybridized carbons (Fsp3) is 0.203. The molecule has 0 bridgehead atoms. The minimum absolute atomic E-state index is 0.0291. The molecule has 2 aliphatic heterocycles. The molecular formula is C64H65BCl6N12O5. The molecule has 0 spiro atoms. The molecule has 5 N–H and O–H groups in total. The summed E-state index contributed by atoms with van der Waals surface area (Å²) in [5.74, 6) is 0.310. The van der Waals surface area contributed by atoms with Crippen LogP contribution in [0.3, 0.4) is 0 Å². The number of allylic oxidation sites excluding steroid dienone is 3. The van der Waals surface area contributed by atoms with Crippen molar-refractivity contribution in [2.24, 2.45) is 0 Å². The van der Waals surface area contributed by atoms with Gasteiger partial charge in [-0.05, 0) is 126 Å². The summed E-state index contributed by atoms with van der Waals surface area (Å²) < 4.78 is 0. The fourth-order valence-corrected chi connectivity index (χ4v) is 9.54. The lowest BCUT2D eigenvalue weighted by molar-refractivity contribution is -0.114. The average Bonchev–Trinajstić information content (AvgIpc) is 3.23. The van der Waals surface area contributed by atoms with Crippen molar-refractivity contribution in [3.63, 3.8) is 0 Å². The lowest BCUT2D eigenvalue weighted by atomic mass is 9.79. The van der Waals surface area contributed by atoms with E-state index in [1.54, 1.807) is 30.5 Å². The van der Waals surface area contributed by atoms with Crippen molar-refractivity contribution in [3.05, 3.63) is 225 Å². The molecule has 24 heteroatoms. The Labute approximate surface area is 543 Å². The average molecular weight is 1310 g/mol. The van der Waals surface area contributed by atoms with E-state index >= 15 is 0 Å². The van der Waals surface area contributed by atoms with Crippen molar-refractivity contribution in [2.75, 3.05) is 87.3 Å². The van der Waals surface area contributed by atoms with E-state index in [1.165, 1.54) is 42.0 Å². The number of halogens is 6. The van der Waals surface area contributed by atoms with E-state index in [-0.39, 0.29) is 39.5 Å². The number of carbonyl (C=O) groups is 3. The Balaban J connectivity index is 0.000000189. The van der Waals surface area contributed by atoms with Crippen LogP contribution in [0, 0.1) is 0 Å². The van der Waals surface area contributed by atoms with Crippen molar-refractivity contribution < 1.29 is 24.4 Å². The van der Waals surface area contributed by atoms with Gasteiger partial charge in [0.25, 0.3) is 0 Å². The molecule has 0 amide bonds. The zero-order valence-electron chi connectivity index (χ0n) is 48.4. The maximum Gasteiger partial charge on any atom is 0.488 e. The van der Waals surface area contributed by atoms with E-state index in [0.29, 0.717) is 50.7 Å². The van der Waals surface area contributed by atoms with Crippen LogP contribution in [0.15, 0.2) is 178 Å². The Bertz CT molecular complexity index is 3680. The summed E-state index contributed by atoms with van der Waals surface area (Å²) in [6, 6.07) is 38.1. The monoisotopic (exact) mass is 1300 g/mol. The zero-order valence-corrected chi connectivity index (χ0v) is 53.0. The lowest BCUT2D eigenvalue weighted by Crippen LogP contribution is -2.44. The summed E-state index contributed by atoms with van der Waals surface area (Å²) >= 11 is 34.5. The number of rotatable bonds is 16. The van der Waals surface area contributed by atoms with Gasteiger partial charge in [0, 0.05) is 105 Å². The number of nitrogen functional groups attached to an aromatic ring is 1. The van der Waals surface area contributed by atoms with Crippen LogP contribution in [0.4, 0.5) is 28.7 Å². The molecule has 5 heterocycles. The topological polar surface area (TPSA) is 220 Å². The molecule has 8 aromatic rings. The van der Waals surface area contributed by atoms with E-state index in [2.05, 4.69) is 107 Å². The SMILES string of the molecule is C=CC(=O)Cc1cccc(-c2nc(Cl)ncc2Cl)c1.C=CC(=O)Cc1cccc(-c2nc(Nc3cccc(N4CCN(C)CC4)c3)ncc2Cl)c1.C=CC(=O)Cc1cccc(B(O)O)c1.CN1CCN(c2cccc(N)c2)CC1.Clc1ncc(Cl)c(Cl)n1. The van der Waals surface area contributed by atoms with Crippen molar-refractivity contribution in [1.29, 1.82) is 0 Å². The van der Waals surface area contributed by atoms with Gasteiger partial charge < -0.3 is 40.7 Å². The summed E-state index contributed by atoms with van der Waals surface area (Å²) in [6.07, 6.45) is 9.12. The van der Waals surface area contributed by atoms with Crippen molar-refractivity contribution in [3.8, 4) is 22.5 Å². The largest absolute Gasteiger partial charge is 0.488 e. The third kappa shape index (κ3) is 22.8. The predicted octanol–water partition coefficient (Wildman–Crippen LogP) is 11.5. The second kappa shape index (κ2) is 35.4. The molecule has 2 saturated heterocycles. The van der Waals surface area contributed by atoms with Gasteiger partial charge in [-0.2, -0.15) is 0 Å². The number of carbonyl (C=O) groups excluding carboxylic acids is 3. The highest BCUT2D eigenvalue weighted by Crippen LogP contribution is 2.30. The molecule has 3 aromatic heterocycles. The maximum absolute atomic E-state index is 11.7. The smallest absolute Gasteiger partial charge is 0.423 e. The summed E-state index contributed by atoms with van der Waals surface area (Å²) in [6.45, 7) is 18.9. The van der Waals surface area contributed by atoms with Crippen LogP contribution < -0.4 is 26.3 Å². The first-order chi connectivity index (χ1) is 42.2. The summed E-state index contributed by atoms with van der Waals surface area (Å²) in [5, 5.41) is 22.7. The number of likely N-dealkylation sites (N-methyl/N-ethyl adjacent to an activating group) is 2. The molecule has 2 fully saturated rings. The van der Waals surface area contributed by atoms with Gasteiger partial charge in [0.1, 0.15) is 0 Å². The van der Waals surface area contributed by atoms with Crippen LogP contribution >= 0.6 is 69.6 Å². The van der Waals surface area contributed by atoms with E-state index < -0.39 is 7.12 Å². The zero-order chi connectivity index (χ0) is 63.7. The molecule has 456 valence electrons. The normalized spacial score (nSPS) is 12.8. The quantitative estimate of drug-likeness (QED) is 0.0232. The Hall–Kier alpha value is -7.59. The number of nitrogens with one attached hydrogen (secondary N) is 1. The van der Waals surface area contributed by atoms with E-state index in [9.17, 15) is 14.4 Å². The lowest BCUT2D eigenvalue weighted by Gasteiger charge is -2.34. The van der Waals surface area contributed by atoms with E-state index in [1.807, 2.05) is 78.9 Å². The first-order valence-electron chi connectivity index (χ1n) is 27.4. The van der Waals surface area contributed by atoms with Crippen molar-refractivity contribution in [1.82, 2.24) is 39.7 Å². The van der Waals surface area contributed by atoms with Gasteiger partial charge in [0.05, 0.1) is 45.0 Å². The van der Waals surface area contributed by atoms with Crippen LogP contribution in [-0.2, 0) is 33.6 Å². The maximum atomic E-state index is 11.7. The highest BCUT2D eigenvalue weighted by atomic mass is 35.5. The summed E-state index contributed by atoms with van der Waals surface area (Å²) in [4.78, 5) is 67.6. The molecule has 88 heavy (non-hydrogen) atoms. The number of hydrogen-bond donors (Lipinski definition) is 4. The third-order valence-electron chi connectivity index (χ3n) is 13.3. The van der Waals surface area contributed by atoms with Gasteiger partial charge in [-0.15, -0.1) is 0 Å². The van der Waals surface area contributed by atoms with Gasteiger partial charge in [0.15, 0.2) is 22.5 Å². The number of ketones is 3. The molecule has 0 radical (unpaired) electrons. The molecule has 2 aliphatic rings. The molecular weight excluding hydrogens is 1240 g/mol. The first kappa shape index (κ1) is 69.5. The minimum atomic E-state index is -1.49. The van der Waals surface area contributed by atoms with Crippen LogP contribution in [0.5, 0.6) is 0 Å². The number of benzene rings is 5. The number of anilines is 5. The predicted molar refractivity (Wildman–Crippen MR) is 360 cm³/mol. The summed E-state index contributed by atoms with van der Waals surface area (Å²) in [7, 11) is 2.82. The van der Waals surface area contributed by atoms with Gasteiger partial charge >= 0.3 is 7.12 Å². The Morgan fingerprint density at radius 3 is 1.44 bits per heavy atom. The van der Waals surface area contributed by atoms with Crippen molar-refractivity contribution in [2.45, 2.75) is 19.3 Å². The summed E-state index contributed by atoms with van der Waals surface area (Å²) in [5.41, 5.74) is 15.6. The first-order valence-corrected chi connectivity index (χ1v) is 29.7. The minimum Gasteiger partial charge on any atom is -0.423 e. The molecule has 0 aliphatic carbocycles. The fourth-order valence-electron chi connectivity index (χ4n) is 8.61. The van der Waals surface area contributed by atoms with E-state index in [4.69, 9.17) is 85.4 Å². The van der Waals surface area contributed by atoms with Gasteiger partial charge in [-0.25, -0.2) is 29.9 Å². The standard InChI is InChI=1S/C25H26ClN5O.C14H10Cl2N2O.C11H17N3.C10H11BO3.C4HCl3N2/c1-3-22(32)15-18-6-4-7-19(14-18)24-23(26)17-27-25(29-24)28-20-8-5-9-21(16-20)31-12-10-30(2)11-13-31;1-2-11(19)7-9-4-3-5-10(6-9)13-12(15)8-17-14(16)18-13;1-13-5-7-14(8-6-13)11-4-2-3-10(12)9-11;1-2-10(12)7-8-4-3-5-9(6-8)11(13)14;5-2-1-8-4(7)9-3(2)6/h3-9,14,16-17H,1,10-13,15H2,2H3,(H,27,28,29);2-6,8H,1,7H2;2-4,9H,5-8,12H2,1H3;2-6,13-14H,1,7H2;1H. The van der Waals surface area contributed by atoms with Gasteiger partial charge in [-0.1, -0.05) is 139 Å². The second-order valence-corrected chi connectivity index (χ2v) is 22.2. The Morgan fingerprint density at radius 2 is 0.966 bits per heavy atom. The highest BCUT2D eigenvalue weighted by Gasteiger charge is 2.18. The molecule has 0 saturated carbocycles. The molecule has 0 atom stereocenters. The second-order valence-electron chi connectivity index (χ2n) is 19.9. The Kier molecular flexibility index (Phi) is 28.0. The number of hydrogen-bond acceptors (Lipinski definition) is 17. The molecule has 5 aromatic carbocycles. The molecule has 0 unspecified atom stereocenters. The van der Waals surface area contributed by atoms with Gasteiger partial charge in [-0.3, -0.25) is 14.4 Å². The molecule has 17 nitrogen and oxygen atoms in total. The van der Waals surface area contributed by atoms with Gasteiger partial charge in [0.2, 0.25) is 16.5 Å². The van der Waals surface area contributed by atoms with Crippen LogP contribution in [0.1, 0.15) is 16.7 Å². The number of piperazine rings is 2. The van der Waals surface area contributed by atoms with Crippen LogP contribution in [-0.4, -0.2) is 141 Å². The van der Waals surface area contributed by atoms with E-state index in [0.717, 1.165) is 91.6 Å². The highest BCUT2D eigenvalue weighted by molar-refractivity contribution is 6.58. The number of nitrogens with two attached hydrogens (primary N) is 1. The van der Waals surface area contributed by atoms with Crippen LogP contribution in [0.25, 0.3) is 22.5 Å². The molecule has 10 rings (SSSR count). The van der Waals surface area contributed by atoms with Crippen molar-refractivity contribution >= 4 is 128 Å². The Morgan fingerprint density at radius 1 is 0.534 bits per heavy atom. The third-order valence-corrected chi connectivity index (χ3v) is 14.9. The number of nitrogens with zero attached hydrogens (tertiary/aromatic N) is 10.